The molecule has 0 aromatic heterocycles. The van der Waals surface area contributed by atoms with E-state index in [1.54, 1.807) is 0 Å². The van der Waals surface area contributed by atoms with E-state index in [0.717, 1.165) is 0 Å². The van der Waals surface area contributed by atoms with Crippen LogP contribution in [0.15, 0.2) is 12.7 Å². The predicted octanol–water partition coefficient (Wildman–Crippen LogP) is 0.781. The Hall–Kier alpha value is 0.343. The fraction of sp³-hybridized carbons (Fsp3) is 0. The summed E-state index contributed by atoms with van der Waals surface area (Å²) in [4.78, 5) is 0. The van der Waals surface area contributed by atoms with Gasteiger partial charge in [0.15, 0.2) is 0 Å². The molecule has 0 rings (SSSR count). The molecule has 0 radical (unpaired) electrons. The molecule has 0 saturated heterocycles. The molecule has 0 atom stereocenters. The van der Waals surface area contributed by atoms with Gasteiger partial charge in [0.25, 0.3) is 0 Å². The van der Waals surface area contributed by atoms with Crippen LogP contribution in [0.5, 0.6) is 0 Å². The third-order valence-corrected chi connectivity index (χ3v) is 0. The topological polar surface area (TPSA) is 26.0 Å². The van der Waals surface area contributed by atoms with Crippen LogP contribution in [0.4, 0.5) is 0 Å². The van der Waals surface area contributed by atoms with Crippen molar-refractivity contribution in [3.63, 3.8) is 0 Å². The number of thiocarbonyl (C=S) groups is 1. The molecule has 0 amide bonds. The van der Waals surface area contributed by atoms with Crippen LogP contribution in [-0.2, 0) is 32.1 Å². The van der Waals surface area contributed by atoms with Crippen molar-refractivity contribution < 1.29 is 19.5 Å². The van der Waals surface area contributed by atoms with Gasteiger partial charge in [0.05, 0.1) is 0 Å². The number of allylic oxidation sites excluding steroid dienone is 1. The first-order chi connectivity index (χ1) is 3.15. The fourth-order valence-electron chi connectivity index (χ4n) is 0. The first-order valence-electron chi connectivity index (χ1n) is 1.51. The first-order valence-corrected chi connectivity index (χ1v) is 2.33. The summed E-state index contributed by atoms with van der Waals surface area (Å²) in [5, 5.41) is 0. The maximum atomic E-state index is 4.66. The molecule has 0 aliphatic rings. The molecule has 0 saturated carbocycles. The van der Waals surface area contributed by atoms with Gasteiger partial charge in [-0.3, -0.25) is 0 Å². The largest absolute Gasteiger partial charge is 2.00 e. The molecule has 0 heterocycles. The van der Waals surface area contributed by atoms with Crippen molar-refractivity contribution in [3.8, 4) is 0 Å². The van der Waals surface area contributed by atoms with Gasteiger partial charge >= 0.3 is 19.5 Å². The van der Waals surface area contributed by atoms with Crippen molar-refractivity contribution in [1.82, 2.24) is 0 Å². The van der Waals surface area contributed by atoms with Crippen molar-refractivity contribution in [2.45, 2.75) is 0 Å². The summed E-state index contributed by atoms with van der Waals surface area (Å²) in [7, 11) is 0. The maximum absolute atomic E-state index is 4.66. The van der Waals surface area contributed by atoms with Crippen LogP contribution >= 0.6 is 12.2 Å². The molecular formula is C4H7NS2Zn. The summed E-state index contributed by atoms with van der Waals surface area (Å²) in [6, 6.07) is 0. The predicted molar refractivity (Wildman–Crippen MR) is 39.7 cm³/mol. The molecule has 8 heavy (non-hydrogen) atoms. The summed E-state index contributed by atoms with van der Waals surface area (Å²) in [6.07, 6.45) is 1.50. The van der Waals surface area contributed by atoms with Crippen LogP contribution in [0.2, 0.25) is 0 Å². The third-order valence-electron chi connectivity index (χ3n) is 0. The summed E-state index contributed by atoms with van der Waals surface area (Å²) in [5.74, 6) is 0. The summed E-state index contributed by atoms with van der Waals surface area (Å²) < 4.78 is 0.0833. The van der Waals surface area contributed by atoms with E-state index in [2.05, 4.69) is 44.1 Å². The Bertz CT molecular complexity index is 61.1. The molecular weight excluding hydrogens is 192 g/mol. The minimum atomic E-state index is 0. The molecule has 0 aromatic rings. The second-order valence-corrected chi connectivity index (χ2v) is 1.75. The third kappa shape index (κ3) is 1540. The van der Waals surface area contributed by atoms with E-state index in [9.17, 15) is 0 Å². The Kier molecular flexibility index (Phi) is 30.9. The van der Waals surface area contributed by atoms with Crippen molar-refractivity contribution in [2.24, 2.45) is 5.73 Å². The van der Waals surface area contributed by atoms with E-state index in [1.807, 2.05) is 0 Å². The molecule has 0 aromatic carbocycles. The average Bonchev–Trinajstić information content (AvgIpc) is 1.33. The molecule has 0 fully saturated rings. The monoisotopic (exact) mass is 197 g/mol. The second kappa shape index (κ2) is 15.7. The van der Waals surface area contributed by atoms with Gasteiger partial charge < -0.3 is 30.6 Å². The number of rotatable bonds is 0. The summed E-state index contributed by atoms with van der Waals surface area (Å²) in [5.41, 5.74) is 4.66. The normalized spacial score (nSPS) is 4.50. The Balaban J connectivity index is -0.0000000575. The average molecular weight is 199 g/mol. The van der Waals surface area contributed by atoms with E-state index >= 15 is 0 Å². The first kappa shape index (κ1) is 15.8. The maximum Gasteiger partial charge on any atom is 2.00 e. The van der Waals surface area contributed by atoms with Crippen LogP contribution in [0.3, 0.4) is 0 Å². The van der Waals surface area contributed by atoms with Gasteiger partial charge in [-0.2, -0.15) is 0 Å². The zero-order chi connectivity index (χ0) is 6.28. The van der Waals surface area contributed by atoms with E-state index in [0.29, 0.717) is 0 Å². The SMILES string of the molecule is C=C[CH2-].NC(=S)[S-].[Zn+2]. The number of nitrogens with two attached hydrogens (primary N) is 1. The van der Waals surface area contributed by atoms with Crippen molar-refractivity contribution >= 4 is 29.2 Å². The molecule has 0 spiro atoms. The molecule has 42 valence electrons. The Morgan fingerprint density at radius 3 is 1.88 bits per heavy atom. The van der Waals surface area contributed by atoms with Crippen LogP contribution in [0, 0.1) is 6.92 Å². The van der Waals surface area contributed by atoms with Gasteiger partial charge in [0.2, 0.25) is 0 Å². The number of hydrogen-bond acceptors (Lipinski definition) is 2. The van der Waals surface area contributed by atoms with Crippen LogP contribution in [0.1, 0.15) is 0 Å². The van der Waals surface area contributed by atoms with Gasteiger partial charge in [-0.25, -0.2) is 19.6 Å². The zero-order valence-corrected chi connectivity index (χ0v) is 9.19. The van der Waals surface area contributed by atoms with E-state index in [1.165, 1.54) is 6.08 Å². The molecule has 0 aliphatic carbocycles. The van der Waals surface area contributed by atoms with Crippen molar-refractivity contribution in [1.29, 1.82) is 0 Å². The Morgan fingerprint density at radius 1 is 1.88 bits per heavy atom. The van der Waals surface area contributed by atoms with E-state index < -0.39 is 0 Å². The van der Waals surface area contributed by atoms with Crippen LogP contribution < -0.4 is 5.73 Å². The molecule has 2 N–H and O–H groups in total. The minimum Gasteiger partial charge on any atom is -0.415 e. The second-order valence-electron chi connectivity index (χ2n) is 0.608. The van der Waals surface area contributed by atoms with Crippen LogP contribution in [0.25, 0.3) is 0 Å². The van der Waals surface area contributed by atoms with Crippen LogP contribution in [-0.4, -0.2) is 4.32 Å². The molecule has 0 bridgehead atoms. The fourth-order valence-corrected chi connectivity index (χ4v) is 0. The van der Waals surface area contributed by atoms with Gasteiger partial charge in [0.1, 0.15) is 0 Å². The smallest absolute Gasteiger partial charge is 0.415 e. The number of hydrogen-bond donors (Lipinski definition) is 1. The van der Waals surface area contributed by atoms with Gasteiger partial charge in [-0.1, -0.05) is 4.32 Å². The molecule has 0 aliphatic heterocycles. The summed E-state index contributed by atoms with van der Waals surface area (Å²) in [6.45, 7) is 6.50. The van der Waals surface area contributed by atoms with E-state index in [4.69, 9.17) is 0 Å². The standard InChI is InChI=1S/C3H5.CH3NS2.Zn/c1-3-2;2-1(3)4;/h3H,1-2H2;(H3,2,3,4);/q-1;;+2/p-1. The zero-order valence-electron chi connectivity index (χ0n) is 4.59. The van der Waals surface area contributed by atoms with Gasteiger partial charge in [0, 0.05) is 0 Å². The molecule has 0 unspecified atom stereocenters. The van der Waals surface area contributed by atoms with Crippen molar-refractivity contribution in [3.05, 3.63) is 19.6 Å². The quantitative estimate of drug-likeness (QED) is 0.270. The van der Waals surface area contributed by atoms with Gasteiger partial charge in [-0.05, 0) is 0 Å². The van der Waals surface area contributed by atoms with Crippen molar-refractivity contribution in [2.75, 3.05) is 0 Å². The molecule has 1 nitrogen and oxygen atoms in total. The van der Waals surface area contributed by atoms with Gasteiger partial charge in [-0.15, -0.1) is 0 Å². The Labute approximate surface area is 73.9 Å². The van der Waals surface area contributed by atoms with E-state index in [-0.39, 0.29) is 23.8 Å². The minimum absolute atomic E-state index is 0. The molecule has 4 heteroatoms. The Morgan fingerprint density at radius 2 is 1.88 bits per heavy atom. The summed E-state index contributed by atoms with van der Waals surface area (Å²) >= 11 is 8.26.